The summed E-state index contributed by atoms with van der Waals surface area (Å²) in [5.74, 6) is -0.667. The fraction of sp³-hybridized carbons (Fsp3) is 0.182. The minimum absolute atomic E-state index is 0.0406. The Hall–Kier alpha value is -1.41. The van der Waals surface area contributed by atoms with Gasteiger partial charge >= 0.3 is 0 Å². The summed E-state index contributed by atoms with van der Waals surface area (Å²) in [4.78, 5) is -0.145. The van der Waals surface area contributed by atoms with Gasteiger partial charge in [-0.25, -0.2) is 17.5 Å². The number of benzene rings is 1. The third-order valence-corrected chi connectivity index (χ3v) is 4.86. The fourth-order valence-electron chi connectivity index (χ4n) is 1.46. The molecule has 0 aliphatic heterocycles. The maximum Gasteiger partial charge on any atom is 0.264 e. The van der Waals surface area contributed by atoms with Crippen LogP contribution in [0, 0.1) is 19.7 Å². The summed E-state index contributed by atoms with van der Waals surface area (Å²) in [6, 6.07) is 3.54. The topological polar surface area (TPSA) is 72.2 Å². The van der Waals surface area contributed by atoms with E-state index in [4.69, 9.17) is 4.52 Å². The number of nitrogens with zero attached hydrogens (tertiary/aromatic N) is 1. The highest BCUT2D eigenvalue weighted by Crippen LogP contribution is 2.28. The number of aryl methyl sites for hydroxylation is 2. The lowest BCUT2D eigenvalue weighted by molar-refractivity contribution is 0.430. The number of aromatic nitrogens is 1. The third-order valence-electron chi connectivity index (χ3n) is 2.46. The Bertz CT molecular complexity index is 728. The van der Waals surface area contributed by atoms with Gasteiger partial charge < -0.3 is 4.52 Å². The summed E-state index contributed by atoms with van der Waals surface area (Å²) in [5.41, 5.74) is 0.940. The number of sulfonamides is 1. The van der Waals surface area contributed by atoms with Crippen molar-refractivity contribution in [2.24, 2.45) is 0 Å². The lowest BCUT2D eigenvalue weighted by Crippen LogP contribution is -2.14. The zero-order chi connectivity index (χ0) is 14.2. The molecule has 0 bridgehead atoms. The van der Waals surface area contributed by atoms with Crippen LogP contribution in [0.25, 0.3) is 0 Å². The molecule has 1 N–H and O–H groups in total. The van der Waals surface area contributed by atoms with Gasteiger partial charge in [0.1, 0.15) is 10.3 Å². The van der Waals surface area contributed by atoms with Crippen molar-refractivity contribution in [1.29, 1.82) is 0 Å². The van der Waals surface area contributed by atoms with Crippen molar-refractivity contribution < 1.29 is 17.3 Å². The molecule has 0 unspecified atom stereocenters. The summed E-state index contributed by atoms with van der Waals surface area (Å²) in [7, 11) is -3.93. The van der Waals surface area contributed by atoms with Crippen LogP contribution in [0.15, 0.2) is 32.1 Å². The van der Waals surface area contributed by atoms with E-state index in [2.05, 4.69) is 25.8 Å². The molecule has 102 valence electrons. The van der Waals surface area contributed by atoms with E-state index in [1.54, 1.807) is 13.8 Å². The summed E-state index contributed by atoms with van der Waals surface area (Å²) in [6.07, 6.45) is 0. The number of hydrogen-bond donors (Lipinski definition) is 1. The molecule has 0 radical (unpaired) electrons. The first-order valence-corrected chi connectivity index (χ1v) is 7.49. The second-order valence-corrected chi connectivity index (χ2v) is 6.37. The van der Waals surface area contributed by atoms with Crippen molar-refractivity contribution in [3.05, 3.63) is 39.7 Å². The minimum atomic E-state index is -3.93. The molecule has 19 heavy (non-hydrogen) atoms. The van der Waals surface area contributed by atoms with Gasteiger partial charge in [0.05, 0.1) is 10.6 Å². The predicted molar refractivity (Wildman–Crippen MR) is 70.9 cm³/mol. The molecule has 1 heterocycles. The van der Waals surface area contributed by atoms with E-state index in [0.717, 1.165) is 6.07 Å². The average molecular weight is 349 g/mol. The highest BCUT2D eigenvalue weighted by Gasteiger charge is 2.22. The Kier molecular flexibility index (Phi) is 3.64. The summed E-state index contributed by atoms with van der Waals surface area (Å²) >= 11 is 3.15. The third kappa shape index (κ3) is 2.79. The smallest absolute Gasteiger partial charge is 0.264 e. The van der Waals surface area contributed by atoms with Crippen LogP contribution < -0.4 is 4.72 Å². The Morgan fingerprint density at radius 3 is 2.63 bits per heavy atom. The highest BCUT2D eigenvalue weighted by molar-refractivity contribution is 9.10. The molecule has 5 nitrogen and oxygen atoms in total. The number of nitrogens with one attached hydrogen (secondary N) is 1. The zero-order valence-corrected chi connectivity index (χ0v) is 12.5. The van der Waals surface area contributed by atoms with Gasteiger partial charge in [-0.3, -0.25) is 0 Å². The molecule has 0 aliphatic rings. The van der Waals surface area contributed by atoms with Crippen LogP contribution in [-0.2, 0) is 10.0 Å². The van der Waals surface area contributed by atoms with Gasteiger partial charge in [0, 0.05) is 0 Å². The SMILES string of the molecule is Cc1ccc(F)cc1S(=O)(=O)Nc1onc(C)c1Br. The number of rotatable bonds is 3. The average Bonchev–Trinajstić information content (AvgIpc) is 2.63. The van der Waals surface area contributed by atoms with Crippen molar-refractivity contribution in [2.75, 3.05) is 4.72 Å². The first-order valence-electron chi connectivity index (χ1n) is 5.22. The largest absolute Gasteiger partial charge is 0.336 e. The lowest BCUT2D eigenvalue weighted by atomic mass is 10.2. The van der Waals surface area contributed by atoms with Crippen LogP contribution in [0.2, 0.25) is 0 Å². The van der Waals surface area contributed by atoms with Crippen LogP contribution in [0.1, 0.15) is 11.3 Å². The molecule has 0 atom stereocenters. The molecule has 0 aliphatic carbocycles. The van der Waals surface area contributed by atoms with Crippen molar-refractivity contribution in [3.8, 4) is 0 Å². The molecule has 1 aromatic carbocycles. The van der Waals surface area contributed by atoms with Gasteiger partial charge in [-0.15, -0.1) is 0 Å². The van der Waals surface area contributed by atoms with Crippen molar-refractivity contribution in [1.82, 2.24) is 5.16 Å². The van der Waals surface area contributed by atoms with E-state index in [-0.39, 0.29) is 10.8 Å². The van der Waals surface area contributed by atoms with E-state index in [1.165, 1.54) is 12.1 Å². The van der Waals surface area contributed by atoms with Crippen LogP contribution in [0.5, 0.6) is 0 Å². The molecule has 2 rings (SSSR count). The zero-order valence-electron chi connectivity index (χ0n) is 10.1. The Labute approximate surface area is 118 Å². The Morgan fingerprint density at radius 2 is 2.05 bits per heavy atom. The summed E-state index contributed by atoms with van der Waals surface area (Å²) < 4.78 is 44.9. The predicted octanol–water partition coefficient (Wildman–Crippen LogP) is 2.99. The summed E-state index contributed by atoms with van der Waals surface area (Å²) in [6.45, 7) is 3.23. The Morgan fingerprint density at radius 1 is 1.37 bits per heavy atom. The molecule has 0 saturated heterocycles. The van der Waals surface area contributed by atoms with Crippen molar-refractivity contribution in [2.45, 2.75) is 18.7 Å². The molecule has 1 aromatic heterocycles. The second kappa shape index (κ2) is 4.93. The molecule has 2 aromatic rings. The number of halogens is 2. The van der Waals surface area contributed by atoms with Crippen LogP contribution in [0.3, 0.4) is 0 Å². The molecular formula is C11H10BrFN2O3S. The van der Waals surface area contributed by atoms with Gasteiger partial charge in [-0.05, 0) is 47.5 Å². The molecular weight excluding hydrogens is 339 g/mol. The normalized spacial score (nSPS) is 11.6. The number of anilines is 1. The standard InChI is InChI=1S/C11H10BrFN2O3S/c1-6-3-4-8(13)5-9(6)19(16,17)15-11-10(12)7(2)14-18-11/h3-5,15H,1-2H3. The molecule has 8 heteroatoms. The van der Waals surface area contributed by atoms with E-state index < -0.39 is 15.8 Å². The van der Waals surface area contributed by atoms with Gasteiger partial charge in [0.25, 0.3) is 15.9 Å². The van der Waals surface area contributed by atoms with Crippen LogP contribution in [0.4, 0.5) is 10.3 Å². The first-order chi connectivity index (χ1) is 8.81. The Balaban J connectivity index is 2.43. The molecule has 0 spiro atoms. The van der Waals surface area contributed by atoms with Gasteiger partial charge in [0.2, 0.25) is 0 Å². The van der Waals surface area contributed by atoms with Gasteiger partial charge in [-0.2, -0.15) is 0 Å². The first kappa shape index (κ1) is 14.0. The lowest BCUT2D eigenvalue weighted by Gasteiger charge is -2.08. The maximum absolute atomic E-state index is 13.2. The molecule has 0 saturated carbocycles. The fourth-order valence-corrected chi connectivity index (χ4v) is 3.09. The highest BCUT2D eigenvalue weighted by atomic mass is 79.9. The van der Waals surface area contributed by atoms with E-state index in [0.29, 0.717) is 15.7 Å². The van der Waals surface area contributed by atoms with Crippen LogP contribution >= 0.6 is 15.9 Å². The van der Waals surface area contributed by atoms with E-state index >= 15 is 0 Å². The minimum Gasteiger partial charge on any atom is -0.336 e. The quantitative estimate of drug-likeness (QED) is 0.925. The number of hydrogen-bond acceptors (Lipinski definition) is 4. The van der Waals surface area contributed by atoms with E-state index in [9.17, 15) is 12.8 Å². The maximum atomic E-state index is 13.2. The van der Waals surface area contributed by atoms with Crippen LogP contribution in [-0.4, -0.2) is 13.6 Å². The van der Waals surface area contributed by atoms with E-state index in [1.807, 2.05) is 0 Å². The monoisotopic (exact) mass is 348 g/mol. The van der Waals surface area contributed by atoms with Crippen molar-refractivity contribution >= 4 is 31.8 Å². The van der Waals surface area contributed by atoms with Crippen molar-refractivity contribution in [3.63, 3.8) is 0 Å². The van der Waals surface area contributed by atoms with Gasteiger partial charge in [0.15, 0.2) is 0 Å². The molecule has 0 amide bonds. The second-order valence-electron chi connectivity index (χ2n) is 3.93. The van der Waals surface area contributed by atoms with Gasteiger partial charge in [-0.1, -0.05) is 11.2 Å². The summed E-state index contributed by atoms with van der Waals surface area (Å²) in [5, 5.41) is 3.61. The molecule has 0 fully saturated rings.